The normalized spacial score (nSPS) is 36.6. The standard InChI is InChI=1S/C18H35N3/c1-2-17-6-5-9-18(17,15-19)21-12-7-16(8-13-21)14-20-10-3-4-11-20/h16-17H,2-15,19H2,1H3. The van der Waals surface area contributed by atoms with Gasteiger partial charge in [-0.3, -0.25) is 4.90 Å². The van der Waals surface area contributed by atoms with Crippen LogP contribution in [0.4, 0.5) is 0 Å². The molecule has 1 saturated carbocycles. The molecule has 0 spiro atoms. The predicted molar refractivity (Wildman–Crippen MR) is 89.4 cm³/mol. The highest BCUT2D eigenvalue weighted by Gasteiger charge is 2.46. The number of rotatable bonds is 5. The van der Waals surface area contributed by atoms with Gasteiger partial charge in [-0.25, -0.2) is 0 Å². The highest BCUT2D eigenvalue weighted by molar-refractivity contribution is 5.02. The molecular weight excluding hydrogens is 258 g/mol. The second-order valence-electron chi connectivity index (χ2n) is 7.74. The lowest BCUT2D eigenvalue weighted by molar-refractivity contribution is 0.0204. The first kappa shape index (κ1) is 15.8. The van der Waals surface area contributed by atoms with E-state index in [9.17, 15) is 0 Å². The van der Waals surface area contributed by atoms with Crippen LogP contribution in [-0.2, 0) is 0 Å². The number of nitrogens with two attached hydrogens (primary N) is 1. The maximum Gasteiger partial charge on any atom is 0.0359 e. The molecule has 0 aromatic rings. The molecule has 122 valence electrons. The van der Waals surface area contributed by atoms with E-state index >= 15 is 0 Å². The van der Waals surface area contributed by atoms with Crippen LogP contribution >= 0.6 is 0 Å². The molecule has 0 aromatic heterocycles. The molecule has 3 rings (SSSR count). The maximum absolute atomic E-state index is 6.28. The van der Waals surface area contributed by atoms with Crippen molar-refractivity contribution >= 4 is 0 Å². The predicted octanol–water partition coefficient (Wildman–Crippen LogP) is 2.70. The van der Waals surface area contributed by atoms with Crippen LogP contribution in [0.1, 0.15) is 58.3 Å². The molecule has 3 heteroatoms. The summed E-state index contributed by atoms with van der Waals surface area (Å²) in [6.07, 6.45) is 11.1. The summed E-state index contributed by atoms with van der Waals surface area (Å²) in [7, 11) is 0. The van der Waals surface area contributed by atoms with Crippen molar-refractivity contribution in [1.82, 2.24) is 9.80 Å². The summed E-state index contributed by atoms with van der Waals surface area (Å²) < 4.78 is 0. The molecule has 2 saturated heterocycles. The minimum absolute atomic E-state index is 0.355. The summed E-state index contributed by atoms with van der Waals surface area (Å²) in [5, 5.41) is 0. The van der Waals surface area contributed by atoms with Crippen molar-refractivity contribution in [3.8, 4) is 0 Å². The third kappa shape index (κ3) is 3.16. The average molecular weight is 293 g/mol. The zero-order chi connectivity index (χ0) is 14.7. The molecule has 2 N–H and O–H groups in total. The smallest absolute Gasteiger partial charge is 0.0359 e. The molecule has 2 heterocycles. The number of hydrogen-bond acceptors (Lipinski definition) is 3. The summed E-state index contributed by atoms with van der Waals surface area (Å²) in [6.45, 7) is 9.90. The lowest BCUT2D eigenvalue weighted by atomic mass is 9.81. The van der Waals surface area contributed by atoms with Gasteiger partial charge in [0.1, 0.15) is 0 Å². The number of likely N-dealkylation sites (tertiary alicyclic amines) is 2. The van der Waals surface area contributed by atoms with E-state index in [0.717, 1.165) is 18.4 Å². The van der Waals surface area contributed by atoms with Crippen LogP contribution in [-0.4, -0.2) is 54.6 Å². The quantitative estimate of drug-likeness (QED) is 0.846. The summed E-state index contributed by atoms with van der Waals surface area (Å²) in [4.78, 5) is 5.50. The van der Waals surface area contributed by atoms with Crippen molar-refractivity contribution in [1.29, 1.82) is 0 Å². The van der Waals surface area contributed by atoms with Crippen LogP contribution in [0.25, 0.3) is 0 Å². The summed E-state index contributed by atoms with van der Waals surface area (Å²) in [6, 6.07) is 0. The van der Waals surface area contributed by atoms with E-state index < -0.39 is 0 Å². The number of nitrogens with zero attached hydrogens (tertiary/aromatic N) is 2. The van der Waals surface area contributed by atoms with Crippen LogP contribution in [0.3, 0.4) is 0 Å². The Morgan fingerprint density at radius 3 is 2.33 bits per heavy atom. The first-order valence-corrected chi connectivity index (χ1v) is 9.46. The molecule has 0 aromatic carbocycles. The molecule has 0 radical (unpaired) electrons. The molecule has 3 aliphatic rings. The van der Waals surface area contributed by atoms with Gasteiger partial charge in [-0.05, 0) is 76.5 Å². The van der Waals surface area contributed by atoms with E-state index in [1.54, 1.807) is 0 Å². The van der Waals surface area contributed by atoms with Crippen molar-refractivity contribution in [3.05, 3.63) is 0 Å². The minimum atomic E-state index is 0.355. The minimum Gasteiger partial charge on any atom is -0.329 e. The summed E-state index contributed by atoms with van der Waals surface area (Å²) >= 11 is 0. The maximum atomic E-state index is 6.28. The SMILES string of the molecule is CCC1CCCC1(CN)N1CCC(CN2CCCC2)CC1. The summed E-state index contributed by atoms with van der Waals surface area (Å²) in [5.74, 6) is 1.79. The molecule has 21 heavy (non-hydrogen) atoms. The molecule has 0 amide bonds. The van der Waals surface area contributed by atoms with Gasteiger partial charge >= 0.3 is 0 Å². The molecule has 1 aliphatic carbocycles. The highest BCUT2D eigenvalue weighted by Crippen LogP contribution is 2.43. The molecule has 2 aliphatic heterocycles. The van der Waals surface area contributed by atoms with Gasteiger partial charge in [0.2, 0.25) is 0 Å². The fraction of sp³-hybridized carbons (Fsp3) is 1.00. The first-order valence-electron chi connectivity index (χ1n) is 9.46. The van der Waals surface area contributed by atoms with Crippen molar-refractivity contribution < 1.29 is 0 Å². The van der Waals surface area contributed by atoms with Gasteiger partial charge < -0.3 is 10.6 Å². The monoisotopic (exact) mass is 293 g/mol. The molecular formula is C18H35N3. The molecule has 3 nitrogen and oxygen atoms in total. The Balaban J connectivity index is 1.54. The van der Waals surface area contributed by atoms with Crippen LogP contribution in [0.15, 0.2) is 0 Å². The Bertz CT molecular complexity index is 318. The Labute approximate surface area is 131 Å². The van der Waals surface area contributed by atoms with Crippen molar-refractivity contribution in [2.75, 3.05) is 39.3 Å². The molecule has 0 bridgehead atoms. The Kier molecular flexibility index (Phi) is 5.23. The first-order chi connectivity index (χ1) is 10.3. The van der Waals surface area contributed by atoms with Crippen LogP contribution in [0.5, 0.6) is 0 Å². The summed E-state index contributed by atoms with van der Waals surface area (Å²) in [5.41, 5.74) is 6.64. The van der Waals surface area contributed by atoms with Gasteiger partial charge in [0.05, 0.1) is 0 Å². The third-order valence-electron chi connectivity index (χ3n) is 6.73. The van der Waals surface area contributed by atoms with Crippen LogP contribution < -0.4 is 5.73 Å². The lowest BCUT2D eigenvalue weighted by Gasteiger charge is -2.48. The van der Waals surface area contributed by atoms with E-state index in [1.165, 1.54) is 84.1 Å². The Morgan fingerprint density at radius 1 is 1.00 bits per heavy atom. The van der Waals surface area contributed by atoms with Gasteiger partial charge in [0.25, 0.3) is 0 Å². The van der Waals surface area contributed by atoms with Gasteiger partial charge in [-0.1, -0.05) is 19.8 Å². The molecule has 2 atom stereocenters. The van der Waals surface area contributed by atoms with E-state index in [1.807, 2.05) is 0 Å². The second-order valence-corrected chi connectivity index (χ2v) is 7.74. The van der Waals surface area contributed by atoms with Crippen molar-refractivity contribution in [2.45, 2.75) is 63.8 Å². The second kappa shape index (κ2) is 6.97. The van der Waals surface area contributed by atoms with E-state index in [0.29, 0.717) is 5.54 Å². The van der Waals surface area contributed by atoms with Crippen LogP contribution in [0, 0.1) is 11.8 Å². The fourth-order valence-electron chi connectivity index (χ4n) is 5.42. The van der Waals surface area contributed by atoms with Gasteiger partial charge in [-0.15, -0.1) is 0 Å². The van der Waals surface area contributed by atoms with Gasteiger partial charge in [0, 0.05) is 18.6 Å². The number of hydrogen-bond donors (Lipinski definition) is 1. The van der Waals surface area contributed by atoms with Crippen molar-refractivity contribution in [3.63, 3.8) is 0 Å². The zero-order valence-corrected chi connectivity index (χ0v) is 14.0. The van der Waals surface area contributed by atoms with E-state index in [4.69, 9.17) is 5.73 Å². The zero-order valence-electron chi connectivity index (χ0n) is 14.0. The third-order valence-corrected chi connectivity index (χ3v) is 6.73. The average Bonchev–Trinajstić information content (AvgIpc) is 3.17. The highest BCUT2D eigenvalue weighted by atomic mass is 15.2. The molecule has 3 fully saturated rings. The lowest BCUT2D eigenvalue weighted by Crippen LogP contribution is -2.58. The van der Waals surface area contributed by atoms with E-state index in [-0.39, 0.29) is 0 Å². The van der Waals surface area contributed by atoms with Gasteiger partial charge in [0.15, 0.2) is 0 Å². The fourth-order valence-corrected chi connectivity index (χ4v) is 5.42. The Morgan fingerprint density at radius 2 is 1.71 bits per heavy atom. The van der Waals surface area contributed by atoms with Gasteiger partial charge in [-0.2, -0.15) is 0 Å². The Hall–Kier alpha value is -0.120. The van der Waals surface area contributed by atoms with E-state index in [2.05, 4.69) is 16.7 Å². The topological polar surface area (TPSA) is 32.5 Å². The number of piperidine rings is 1. The molecule has 2 unspecified atom stereocenters. The largest absolute Gasteiger partial charge is 0.329 e. The van der Waals surface area contributed by atoms with Crippen molar-refractivity contribution in [2.24, 2.45) is 17.6 Å². The van der Waals surface area contributed by atoms with Crippen LogP contribution in [0.2, 0.25) is 0 Å².